The van der Waals surface area contributed by atoms with Gasteiger partial charge >= 0.3 is 0 Å². The molecule has 23 heavy (non-hydrogen) atoms. The quantitative estimate of drug-likeness (QED) is 0.826. The summed E-state index contributed by atoms with van der Waals surface area (Å²) in [6.45, 7) is 0.952. The molecule has 1 saturated heterocycles. The minimum absolute atomic E-state index is 0.0795. The van der Waals surface area contributed by atoms with Gasteiger partial charge in [0.25, 0.3) is 5.91 Å². The van der Waals surface area contributed by atoms with Crippen molar-refractivity contribution in [2.45, 2.75) is 10.9 Å². The Labute approximate surface area is 133 Å². The maximum Gasteiger partial charge on any atom is 0.272 e. The molecule has 0 aromatic carbocycles. The first kappa shape index (κ1) is 15.7. The predicted octanol–water partition coefficient (Wildman–Crippen LogP) is -0.240. The van der Waals surface area contributed by atoms with Crippen LogP contribution in [0.2, 0.25) is 0 Å². The molecule has 0 spiro atoms. The fourth-order valence-corrected chi connectivity index (χ4v) is 3.46. The van der Waals surface area contributed by atoms with Crippen molar-refractivity contribution in [2.75, 3.05) is 26.0 Å². The van der Waals surface area contributed by atoms with Gasteiger partial charge in [-0.05, 0) is 6.07 Å². The Morgan fingerprint density at radius 3 is 2.91 bits per heavy atom. The number of nitrogens with one attached hydrogen (secondary N) is 1. The monoisotopic (exact) mass is 339 g/mol. The first-order valence-electron chi connectivity index (χ1n) is 6.99. The average molecular weight is 339 g/mol. The van der Waals surface area contributed by atoms with E-state index in [4.69, 9.17) is 4.74 Å². The Morgan fingerprint density at radius 1 is 1.48 bits per heavy atom. The number of ether oxygens (including phenoxy) is 1. The third kappa shape index (κ3) is 2.86. The molecule has 0 bridgehead atoms. The number of hydrogen-bond donors (Lipinski definition) is 1. The van der Waals surface area contributed by atoms with Crippen LogP contribution < -0.4 is 0 Å². The molecule has 1 N–H and O–H groups in total. The van der Waals surface area contributed by atoms with E-state index in [-0.39, 0.29) is 17.4 Å². The van der Waals surface area contributed by atoms with E-state index in [1.165, 1.54) is 10.9 Å². The van der Waals surface area contributed by atoms with Gasteiger partial charge in [0.15, 0.2) is 9.84 Å². The lowest BCUT2D eigenvalue weighted by Gasteiger charge is -2.35. The van der Waals surface area contributed by atoms with Crippen LogP contribution in [-0.4, -0.2) is 65.2 Å². The minimum Gasteiger partial charge on any atom is -0.377 e. The van der Waals surface area contributed by atoms with Gasteiger partial charge in [0.2, 0.25) is 0 Å². The number of aromatic nitrogens is 4. The number of rotatable bonds is 3. The Kier molecular flexibility index (Phi) is 3.94. The topological polar surface area (TPSA) is 110 Å². The van der Waals surface area contributed by atoms with Crippen LogP contribution in [0.15, 0.2) is 23.4 Å². The minimum atomic E-state index is -3.46. The third-order valence-corrected chi connectivity index (χ3v) is 4.92. The third-order valence-electron chi connectivity index (χ3n) is 3.79. The van der Waals surface area contributed by atoms with Gasteiger partial charge in [0.05, 0.1) is 31.1 Å². The lowest BCUT2D eigenvalue weighted by atomic mass is 10.1. The number of nitrogens with zero attached hydrogens (tertiary/aromatic N) is 4. The van der Waals surface area contributed by atoms with Crippen molar-refractivity contribution in [3.63, 3.8) is 0 Å². The fraction of sp³-hybridized carbons (Fsp3) is 0.462. The standard InChI is InChI=1S/C13H17N5O4S/c1-17-9(3-4-15-17)13(19)18-5-6-22-8-10(18)12-11(7-14-16-12)23(2,20)21/h3-4,7,10H,5-6,8H2,1-2H3,(H,14,16)/t10-/m1/s1. The number of aromatic amines is 1. The van der Waals surface area contributed by atoms with Crippen molar-refractivity contribution >= 4 is 15.7 Å². The van der Waals surface area contributed by atoms with Crippen LogP contribution in [-0.2, 0) is 21.6 Å². The van der Waals surface area contributed by atoms with Gasteiger partial charge in [0.1, 0.15) is 10.6 Å². The molecular weight excluding hydrogens is 322 g/mol. The molecule has 0 radical (unpaired) electrons. The van der Waals surface area contributed by atoms with Crippen molar-refractivity contribution in [1.82, 2.24) is 24.9 Å². The number of morpholine rings is 1. The van der Waals surface area contributed by atoms with Crippen LogP contribution in [0.3, 0.4) is 0 Å². The molecule has 1 fully saturated rings. The number of amides is 1. The van der Waals surface area contributed by atoms with Gasteiger partial charge in [-0.3, -0.25) is 14.6 Å². The average Bonchev–Trinajstić information content (AvgIpc) is 3.14. The van der Waals surface area contributed by atoms with Crippen molar-refractivity contribution in [1.29, 1.82) is 0 Å². The van der Waals surface area contributed by atoms with E-state index in [1.54, 1.807) is 24.2 Å². The molecule has 124 valence electrons. The zero-order valence-electron chi connectivity index (χ0n) is 12.8. The summed E-state index contributed by atoms with van der Waals surface area (Å²) in [7, 11) is -1.77. The van der Waals surface area contributed by atoms with E-state index in [2.05, 4.69) is 15.3 Å². The summed E-state index contributed by atoms with van der Waals surface area (Å²) in [5.74, 6) is -0.229. The number of H-pyrrole nitrogens is 1. The van der Waals surface area contributed by atoms with E-state index in [0.29, 0.717) is 24.5 Å². The maximum absolute atomic E-state index is 12.8. The first-order valence-corrected chi connectivity index (χ1v) is 8.89. The highest BCUT2D eigenvalue weighted by atomic mass is 32.2. The molecule has 3 heterocycles. The van der Waals surface area contributed by atoms with Gasteiger partial charge in [-0.2, -0.15) is 10.2 Å². The summed E-state index contributed by atoms with van der Waals surface area (Å²) in [4.78, 5) is 14.4. The lowest BCUT2D eigenvalue weighted by molar-refractivity contribution is -0.00524. The molecule has 1 atom stereocenters. The highest BCUT2D eigenvalue weighted by Crippen LogP contribution is 2.28. The van der Waals surface area contributed by atoms with E-state index >= 15 is 0 Å². The summed E-state index contributed by atoms with van der Waals surface area (Å²) in [5.41, 5.74) is 0.792. The number of hydrogen-bond acceptors (Lipinski definition) is 6. The predicted molar refractivity (Wildman–Crippen MR) is 79.5 cm³/mol. The Morgan fingerprint density at radius 2 is 2.26 bits per heavy atom. The summed E-state index contributed by atoms with van der Waals surface area (Å²) in [5, 5.41) is 10.5. The lowest BCUT2D eigenvalue weighted by Crippen LogP contribution is -2.44. The second kappa shape index (κ2) is 5.78. The number of carbonyl (C=O) groups excluding carboxylic acids is 1. The van der Waals surface area contributed by atoms with Gasteiger partial charge < -0.3 is 9.64 Å². The highest BCUT2D eigenvalue weighted by molar-refractivity contribution is 7.90. The van der Waals surface area contributed by atoms with Crippen LogP contribution >= 0.6 is 0 Å². The molecule has 10 heteroatoms. The van der Waals surface area contributed by atoms with Gasteiger partial charge in [-0.1, -0.05) is 0 Å². The van der Waals surface area contributed by atoms with Gasteiger partial charge in [-0.15, -0.1) is 0 Å². The highest BCUT2D eigenvalue weighted by Gasteiger charge is 2.34. The van der Waals surface area contributed by atoms with Gasteiger partial charge in [0, 0.05) is 26.0 Å². The van der Waals surface area contributed by atoms with Crippen molar-refractivity contribution in [3.8, 4) is 0 Å². The number of sulfone groups is 1. The molecule has 3 rings (SSSR count). The summed E-state index contributed by atoms with van der Waals surface area (Å²) in [6, 6.07) is 1.08. The Hall–Kier alpha value is -2.20. The first-order chi connectivity index (χ1) is 10.9. The summed E-state index contributed by atoms with van der Waals surface area (Å²) in [6.07, 6.45) is 3.91. The van der Waals surface area contributed by atoms with Crippen molar-refractivity contribution in [2.24, 2.45) is 7.05 Å². The fourth-order valence-electron chi connectivity index (χ4n) is 2.64. The van der Waals surface area contributed by atoms with Crippen LogP contribution in [0.25, 0.3) is 0 Å². The molecular formula is C13H17N5O4S. The van der Waals surface area contributed by atoms with Gasteiger partial charge in [-0.25, -0.2) is 8.42 Å². The van der Waals surface area contributed by atoms with Crippen LogP contribution in [0.1, 0.15) is 22.2 Å². The zero-order chi connectivity index (χ0) is 16.6. The Bertz CT molecular complexity index is 825. The molecule has 2 aromatic heterocycles. The van der Waals surface area contributed by atoms with Crippen LogP contribution in [0.5, 0.6) is 0 Å². The zero-order valence-corrected chi connectivity index (χ0v) is 13.6. The molecule has 1 amide bonds. The molecule has 0 unspecified atom stereocenters. The van der Waals surface area contributed by atoms with E-state index in [0.717, 1.165) is 6.26 Å². The molecule has 1 aliphatic rings. The Balaban J connectivity index is 1.99. The second-order valence-corrected chi connectivity index (χ2v) is 7.33. The smallest absolute Gasteiger partial charge is 0.272 e. The van der Waals surface area contributed by atoms with E-state index in [1.807, 2.05) is 0 Å². The molecule has 0 aliphatic carbocycles. The number of carbonyl (C=O) groups is 1. The summed E-state index contributed by atoms with van der Waals surface area (Å²) >= 11 is 0. The molecule has 1 aliphatic heterocycles. The number of aryl methyl sites for hydroxylation is 1. The van der Waals surface area contributed by atoms with E-state index < -0.39 is 15.9 Å². The SMILES string of the molecule is Cn1nccc1C(=O)N1CCOC[C@@H]1c1[nH]ncc1S(C)(=O)=O. The molecule has 2 aromatic rings. The van der Waals surface area contributed by atoms with Crippen molar-refractivity contribution in [3.05, 3.63) is 29.8 Å². The van der Waals surface area contributed by atoms with Crippen LogP contribution in [0.4, 0.5) is 0 Å². The molecule has 9 nitrogen and oxygen atoms in total. The summed E-state index contributed by atoms with van der Waals surface area (Å²) < 4.78 is 30.7. The maximum atomic E-state index is 12.8. The normalized spacial score (nSPS) is 19.0. The van der Waals surface area contributed by atoms with Crippen LogP contribution in [0, 0.1) is 0 Å². The molecule has 0 saturated carbocycles. The second-order valence-electron chi connectivity index (χ2n) is 5.35. The van der Waals surface area contributed by atoms with E-state index in [9.17, 15) is 13.2 Å². The largest absolute Gasteiger partial charge is 0.377 e. The van der Waals surface area contributed by atoms with Crippen molar-refractivity contribution < 1.29 is 17.9 Å².